The van der Waals surface area contributed by atoms with E-state index in [4.69, 9.17) is 77.1 Å². The molecule has 0 aromatic carbocycles. The van der Waals surface area contributed by atoms with Crippen molar-refractivity contribution in [3.05, 3.63) is 0 Å². The summed E-state index contributed by atoms with van der Waals surface area (Å²) in [7, 11) is 0. The first-order valence-electron chi connectivity index (χ1n) is 13.6. The molecule has 0 rings (SSSR count). The lowest BCUT2D eigenvalue weighted by molar-refractivity contribution is 2.05. The van der Waals surface area contributed by atoms with Gasteiger partial charge in [0, 0.05) is 19.2 Å². The van der Waals surface area contributed by atoms with Gasteiger partial charge in [-0.3, -0.25) is 0 Å². The Hall–Kier alpha value is -4.37. The first-order chi connectivity index (χ1) is 20.0. The zero-order chi connectivity index (χ0) is 32.6. The van der Waals surface area contributed by atoms with Gasteiger partial charge in [0.05, 0.1) is 13.2 Å². The Morgan fingerprint density at radius 3 is 0.500 bits per heavy atom. The van der Waals surface area contributed by atoms with Crippen LogP contribution in [0.5, 0.6) is 0 Å². The first-order valence-corrected chi connectivity index (χ1v) is 13.6. The molecule has 0 spiro atoms. The third-order valence-electron chi connectivity index (χ3n) is 8.23. The van der Waals surface area contributed by atoms with E-state index in [0.29, 0.717) is 0 Å². The predicted molar refractivity (Wildman–Crippen MR) is 210 cm³/mol. The molecule has 0 amide bonds. The number of hydrogen-bond donors (Lipinski definition) is 0. The minimum atomic E-state index is -0.865. The van der Waals surface area contributed by atoms with Gasteiger partial charge in [-0.1, -0.05) is 27.3 Å². The highest BCUT2D eigenvalue weighted by molar-refractivity contribution is 8.19. The highest BCUT2D eigenvalue weighted by Crippen LogP contribution is 2.20. The third kappa shape index (κ3) is 8.33. The quantitative estimate of drug-likeness (QED) is 0.209. The standard InChI is InChI=1S/C28H24B14/c1-17-31(18-2)38(32(19-3)20-4)41(37(29(13)14)30(15)16)42(39(33(21-5)22-6)34(23-7)24-8)40(35(25-9)26-10)36(27-11)28-12/h1-12H,13-16H3. The third-order valence-corrected chi connectivity index (χ3v) is 8.23. The second-order valence-electron chi connectivity index (χ2n) is 10.8. The van der Waals surface area contributed by atoms with E-state index in [1.165, 1.54) is 0 Å². The first kappa shape index (κ1) is 37.6. The Labute approximate surface area is 264 Å². The van der Waals surface area contributed by atoms with Crippen LogP contribution in [-0.4, -0.2) is 91.1 Å². The molecule has 0 aromatic heterocycles. The largest absolute Gasteiger partial charge is 0.266 e. The summed E-state index contributed by atoms with van der Waals surface area (Å²) in [5.74, 6) is 32.5. The summed E-state index contributed by atoms with van der Waals surface area (Å²) in [5, 5.41) is 0. The molecular formula is C28H24B14. The summed E-state index contributed by atoms with van der Waals surface area (Å²) in [6, 6.07) is 0. The fraction of sp³-hybridized carbons (Fsp3) is 0.143. The van der Waals surface area contributed by atoms with Crippen molar-refractivity contribution < 1.29 is 0 Å². The topological polar surface area (TPSA) is 0 Å². The molecule has 0 aromatic rings. The molecule has 0 N–H and O–H groups in total. The Morgan fingerprint density at radius 2 is 0.381 bits per heavy atom. The molecule has 0 aliphatic rings. The zero-order valence-electron chi connectivity index (χ0n) is 25.0. The summed E-state index contributed by atoms with van der Waals surface area (Å²) in [6.45, 7) is 3.35. The molecule has 0 aliphatic heterocycles. The maximum Gasteiger partial charge on any atom is 0.266 e. The van der Waals surface area contributed by atoms with E-state index in [9.17, 15) is 0 Å². The van der Waals surface area contributed by atoms with Crippen molar-refractivity contribution in [2.75, 3.05) is 0 Å². The number of hydrogen-bond acceptors (Lipinski definition) is 0. The minimum Gasteiger partial charge on any atom is -0.152 e. The highest BCUT2D eigenvalue weighted by atomic mass is 13.6. The van der Waals surface area contributed by atoms with E-state index < -0.39 is 71.5 Å². The molecule has 14 heteroatoms. The SMILES string of the molecule is C#CB(C#C)B(B(C#C)C#C)B(B(B(C)C)B(C)C)B(B(B(C#C)C#C)B(C#C)C#C)B(B(C#C)C#C)B(C#C)C#C. The van der Waals surface area contributed by atoms with Crippen molar-refractivity contribution in [2.24, 2.45) is 0 Å². The van der Waals surface area contributed by atoms with Crippen LogP contribution in [-0.2, 0) is 0 Å². The second kappa shape index (κ2) is 18.9. The van der Waals surface area contributed by atoms with E-state index in [1.54, 1.807) is 0 Å². The van der Waals surface area contributed by atoms with Gasteiger partial charge in [-0.05, 0) is 0 Å². The Bertz CT molecular complexity index is 1220. The lowest BCUT2D eigenvalue weighted by Gasteiger charge is -2.44. The van der Waals surface area contributed by atoms with Crippen LogP contribution in [0.1, 0.15) is 0 Å². The van der Waals surface area contributed by atoms with E-state index in [1.807, 2.05) is 0 Å². The van der Waals surface area contributed by atoms with E-state index in [2.05, 4.69) is 97.1 Å². The fourth-order valence-electron chi connectivity index (χ4n) is 6.73. The van der Waals surface area contributed by atoms with Crippen LogP contribution in [0.15, 0.2) is 0 Å². The van der Waals surface area contributed by atoms with Crippen molar-refractivity contribution >= 4 is 91.1 Å². The second-order valence-corrected chi connectivity index (χ2v) is 10.8. The van der Waals surface area contributed by atoms with Crippen LogP contribution in [0, 0.1) is 147 Å². The van der Waals surface area contributed by atoms with Gasteiger partial charge in [-0.2, -0.15) is 69.8 Å². The summed E-state index contributed by atoms with van der Waals surface area (Å²) in [5.41, 5.74) is 0. The van der Waals surface area contributed by atoms with Gasteiger partial charge in [-0.15, -0.1) is 77.1 Å². The normalized spacial score (nSPS) is 7.71. The molecule has 178 valence electrons. The predicted octanol–water partition coefficient (Wildman–Crippen LogP) is -1.48. The Morgan fingerprint density at radius 1 is 0.238 bits per heavy atom. The number of terminal acetylenes is 12. The average molecular weight is 512 g/mol. The van der Waals surface area contributed by atoms with Crippen LogP contribution in [0.3, 0.4) is 0 Å². The Kier molecular flexibility index (Phi) is 16.9. The number of rotatable bonds is 13. The maximum atomic E-state index is 6.03. The van der Waals surface area contributed by atoms with Crippen molar-refractivity contribution in [1.82, 2.24) is 0 Å². The highest BCUT2D eigenvalue weighted by Gasteiger charge is 2.62. The molecule has 0 unspecified atom stereocenters. The smallest absolute Gasteiger partial charge is 0.152 e. The molecule has 0 radical (unpaired) electrons. The molecular weight excluding hydrogens is 488 g/mol. The van der Waals surface area contributed by atoms with Gasteiger partial charge < -0.3 is 0 Å². The fourth-order valence-corrected chi connectivity index (χ4v) is 6.73. The maximum absolute atomic E-state index is 6.03. The van der Waals surface area contributed by atoms with Gasteiger partial charge in [0.2, 0.25) is 0 Å². The van der Waals surface area contributed by atoms with Crippen LogP contribution < -0.4 is 0 Å². The lowest BCUT2D eigenvalue weighted by Crippen LogP contribution is -2.86. The van der Waals surface area contributed by atoms with Crippen LogP contribution >= 0.6 is 0 Å². The molecule has 0 aliphatic carbocycles. The van der Waals surface area contributed by atoms with E-state index >= 15 is 0 Å². The molecule has 0 atom stereocenters. The van der Waals surface area contributed by atoms with Gasteiger partial charge in [-0.25, -0.2) is 0 Å². The van der Waals surface area contributed by atoms with E-state index in [0.717, 1.165) is 0 Å². The van der Waals surface area contributed by atoms with Gasteiger partial charge in [0.25, 0.3) is 39.6 Å². The van der Waals surface area contributed by atoms with Crippen molar-refractivity contribution in [3.8, 4) is 147 Å². The van der Waals surface area contributed by atoms with E-state index in [-0.39, 0.29) is 19.6 Å². The lowest BCUT2D eigenvalue weighted by atomic mass is 8.37. The minimum absolute atomic E-state index is 0.0455. The Balaban J connectivity index is 8.90. The van der Waals surface area contributed by atoms with Crippen molar-refractivity contribution in [3.63, 3.8) is 0 Å². The molecule has 0 saturated carbocycles. The summed E-state index contributed by atoms with van der Waals surface area (Å²) >= 11 is 0. The van der Waals surface area contributed by atoms with Gasteiger partial charge in [0.15, 0.2) is 0 Å². The molecule has 0 fully saturated rings. The zero-order valence-corrected chi connectivity index (χ0v) is 25.0. The molecule has 0 saturated heterocycles. The molecule has 0 nitrogen and oxygen atoms in total. The molecule has 42 heavy (non-hydrogen) atoms. The van der Waals surface area contributed by atoms with Crippen LogP contribution in [0.25, 0.3) is 0 Å². The molecule has 0 bridgehead atoms. The van der Waals surface area contributed by atoms with Gasteiger partial charge >= 0.3 is 0 Å². The summed E-state index contributed by atoms with van der Waals surface area (Å²) in [6.07, 6.45) is 68.8. The van der Waals surface area contributed by atoms with Crippen LogP contribution in [0.4, 0.5) is 0 Å². The average Bonchev–Trinajstić information content (AvgIpc) is 2.98. The van der Waals surface area contributed by atoms with Crippen molar-refractivity contribution in [1.29, 1.82) is 0 Å². The summed E-state index contributed by atoms with van der Waals surface area (Å²) < 4.78 is 0. The summed E-state index contributed by atoms with van der Waals surface area (Å²) in [4.78, 5) is 0. The van der Waals surface area contributed by atoms with Gasteiger partial charge in [0.1, 0.15) is 19.2 Å². The monoisotopic (exact) mass is 514 g/mol. The molecule has 0 heterocycles. The van der Waals surface area contributed by atoms with Crippen LogP contribution in [0.2, 0.25) is 27.3 Å². The van der Waals surface area contributed by atoms with Crippen molar-refractivity contribution in [2.45, 2.75) is 27.3 Å².